The van der Waals surface area contributed by atoms with E-state index in [0.717, 1.165) is 18.4 Å². The lowest BCUT2D eigenvalue weighted by Crippen LogP contribution is -2.44. The lowest BCUT2D eigenvalue weighted by Gasteiger charge is -2.32. The highest BCUT2D eigenvalue weighted by molar-refractivity contribution is 5.91. The molecule has 2 N–H and O–H groups in total. The first-order valence-electron chi connectivity index (χ1n) is 7.97. The number of pyridine rings is 1. The summed E-state index contributed by atoms with van der Waals surface area (Å²) in [5.41, 5.74) is 0.493. The zero-order valence-corrected chi connectivity index (χ0v) is 13.4. The molecule has 0 bridgehead atoms. The zero-order chi connectivity index (χ0) is 16.6. The molecule has 1 amide bonds. The van der Waals surface area contributed by atoms with Crippen LogP contribution in [0.25, 0.3) is 0 Å². The molecule has 1 saturated carbocycles. The lowest BCUT2D eigenvalue weighted by molar-refractivity contribution is -0.140. The van der Waals surface area contributed by atoms with Crippen molar-refractivity contribution in [3.05, 3.63) is 30.1 Å². The summed E-state index contributed by atoms with van der Waals surface area (Å²) in [4.78, 5) is 27.8. The first-order valence-corrected chi connectivity index (χ1v) is 7.97. The second-order valence-electron chi connectivity index (χ2n) is 6.94. The number of ether oxygens (including phenoxy) is 1. The fourth-order valence-corrected chi connectivity index (χ4v) is 3.67. The Morgan fingerprint density at radius 2 is 2.00 bits per heavy atom. The van der Waals surface area contributed by atoms with Gasteiger partial charge in [0.25, 0.3) is 0 Å². The van der Waals surface area contributed by atoms with Crippen LogP contribution in [0.2, 0.25) is 0 Å². The molecule has 3 rings (SSSR count). The van der Waals surface area contributed by atoms with E-state index in [2.05, 4.69) is 10.3 Å². The molecule has 1 aromatic rings. The van der Waals surface area contributed by atoms with Crippen LogP contribution in [0.4, 0.5) is 0 Å². The summed E-state index contributed by atoms with van der Waals surface area (Å²) >= 11 is 0. The molecule has 124 valence electrons. The molecule has 6 heteroatoms. The van der Waals surface area contributed by atoms with Crippen molar-refractivity contribution in [1.29, 1.82) is 0 Å². The Kier molecular flexibility index (Phi) is 4.10. The van der Waals surface area contributed by atoms with Crippen LogP contribution in [-0.2, 0) is 14.3 Å². The molecule has 2 heterocycles. The Morgan fingerprint density at radius 1 is 1.30 bits per heavy atom. The first-order chi connectivity index (χ1) is 10.9. The minimum atomic E-state index is -0.902. The number of carboxylic acid groups (broad SMARTS) is 1. The van der Waals surface area contributed by atoms with Crippen LogP contribution in [-0.4, -0.2) is 34.6 Å². The van der Waals surface area contributed by atoms with E-state index in [4.69, 9.17) is 4.74 Å². The molecular formula is C17H22N2O4. The van der Waals surface area contributed by atoms with Crippen LogP contribution >= 0.6 is 0 Å². The highest BCUT2D eigenvalue weighted by Crippen LogP contribution is 2.58. The Morgan fingerprint density at radius 3 is 2.61 bits per heavy atom. The Labute approximate surface area is 135 Å². The van der Waals surface area contributed by atoms with Gasteiger partial charge in [-0.2, -0.15) is 0 Å². The number of nitrogens with one attached hydrogen (secondary N) is 1. The number of carbonyl (C=O) groups excluding carboxylic acids is 1. The number of rotatable bonds is 4. The summed E-state index contributed by atoms with van der Waals surface area (Å²) in [5, 5.41) is 12.3. The molecule has 1 aliphatic carbocycles. The van der Waals surface area contributed by atoms with Gasteiger partial charge in [0.2, 0.25) is 5.91 Å². The van der Waals surface area contributed by atoms with Crippen LogP contribution in [0, 0.1) is 17.3 Å². The minimum absolute atomic E-state index is 0.135. The Hall–Kier alpha value is -1.95. The molecule has 0 aromatic carbocycles. The van der Waals surface area contributed by atoms with Gasteiger partial charge in [-0.25, -0.2) is 0 Å². The van der Waals surface area contributed by atoms with Crippen molar-refractivity contribution in [3.63, 3.8) is 0 Å². The first kappa shape index (κ1) is 15.9. The van der Waals surface area contributed by atoms with E-state index in [9.17, 15) is 14.7 Å². The van der Waals surface area contributed by atoms with Gasteiger partial charge in [-0.1, -0.05) is 13.8 Å². The van der Waals surface area contributed by atoms with Crippen molar-refractivity contribution < 1.29 is 19.4 Å². The summed E-state index contributed by atoms with van der Waals surface area (Å²) in [6.45, 7) is 4.31. The standard InChI is InChI=1S/C17H22N2O4/c1-17(2)12(13(17)16(21)22)15(20)19-11-4-3-9-23-14(11)10-5-7-18-8-6-10/h5-8,11-14H,3-4,9H2,1-2H3,(H,19,20)(H,21,22)/t11-,12+,13-,14+/m0/s1. The van der Waals surface area contributed by atoms with Gasteiger partial charge < -0.3 is 15.2 Å². The van der Waals surface area contributed by atoms with Gasteiger partial charge >= 0.3 is 5.97 Å². The minimum Gasteiger partial charge on any atom is -0.481 e. The van der Waals surface area contributed by atoms with Crippen LogP contribution in [0.3, 0.4) is 0 Å². The molecule has 4 atom stereocenters. The van der Waals surface area contributed by atoms with Gasteiger partial charge in [-0.3, -0.25) is 14.6 Å². The molecule has 0 unspecified atom stereocenters. The van der Waals surface area contributed by atoms with Crippen LogP contribution in [0.1, 0.15) is 38.4 Å². The molecule has 1 aromatic heterocycles. The highest BCUT2D eigenvalue weighted by atomic mass is 16.5. The maximum absolute atomic E-state index is 12.5. The molecule has 2 aliphatic rings. The summed E-state index contributed by atoms with van der Waals surface area (Å²) < 4.78 is 5.85. The van der Waals surface area contributed by atoms with E-state index < -0.39 is 23.2 Å². The van der Waals surface area contributed by atoms with E-state index >= 15 is 0 Å². The van der Waals surface area contributed by atoms with Crippen LogP contribution in [0.15, 0.2) is 24.5 Å². The normalized spacial score (nSPS) is 32.1. The molecular weight excluding hydrogens is 296 g/mol. The van der Waals surface area contributed by atoms with E-state index in [1.807, 2.05) is 26.0 Å². The summed E-state index contributed by atoms with van der Waals surface area (Å²) in [5.74, 6) is -2.16. The van der Waals surface area contributed by atoms with E-state index in [1.54, 1.807) is 12.4 Å². The van der Waals surface area contributed by atoms with Gasteiger partial charge in [0.05, 0.1) is 17.9 Å². The molecule has 0 radical (unpaired) electrons. The molecule has 6 nitrogen and oxygen atoms in total. The summed E-state index contributed by atoms with van der Waals surface area (Å²) in [7, 11) is 0. The van der Waals surface area contributed by atoms with E-state index in [0.29, 0.717) is 6.61 Å². The molecule has 1 saturated heterocycles. The van der Waals surface area contributed by atoms with Crippen molar-refractivity contribution in [3.8, 4) is 0 Å². The van der Waals surface area contributed by atoms with Gasteiger partial charge in [0, 0.05) is 19.0 Å². The fraction of sp³-hybridized carbons (Fsp3) is 0.588. The number of amides is 1. The van der Waals surface area contributed by atoms with Crippen molar-refractivity contribution in [2.24, 2.45) is 17.3 Å². The molecule has 2 fully saturated rings. The Bertz CT molecular complexity index is 602. The number of carbonyl (C=O) groups is 2. The lowest BCUT2D eigenvalue weighted by atomic mass is 9.96. The third-order valence-corrected chi connectivity index (χ3v) is 5.06. The third kappa shape index (κ3) is 2.95. The maximum Gasteiger partial charge on any atom is 0.307 e. The highest BCUT2D eigenvalue weighted by Gasteiger charge is 2.66. The number of aliphatic carboxylic acids is 1. The molecule has 1 aliphatic heterocycles. The number of hydrogen-bond donors (Lipinski definition) is 2. The average Bonchev–Trinajstić information content (AvgIpc) is 3.12. The number of nitrogens with zero attached hydrogens (tertiary/aromatic N) is 1. The van der Waals surface area contributed by atoms with Crippen molar-refractivity contribution in [1.82, 2.24) is 10.3 Å². The summed E-state index contributed by atoms with van der Waals surface area (Å²) in [6, 6.07) is 3.64. The van der Waals surface area contributed by atoms with Crippen molar-refractivity contribution in [2.75, 3.05) is 6.61 Å². The second-order valence-corrected chi connectivity index (χ2v) is 6.94. The second kappa shape index (κ2) is 5.92. The number of hydrogen-bond acceptors (Lipinski definition) is 4. The number of carboxylic acids is 1. The van der Waals surface area contributed by atoms with Gasteiger partial charge in [-0.05, 0) is 36.0 Å². The van der Waals surface area contributed by atoms with E-state index in [1.165, 1.54) is 0 Å². The predicted molar refractivity (Wildman–Crippen MR) is 82.5 cm³/mol. The largest absolute Gasteiger partial charge is 0.481 e. The smallest absolute Gasteiger partial charge is 0.307 e. The topological polar surface area (TPSA) is 88.5 Å². The SMILES string of the molecule is CC1(C)[C@H](C(=O)O)[C@@H]1C(=O)N[C@H]1CCCO[C@@H]1c1ccncc1. The zero-order valence-electron chi connectivity index (χ0n) is 13.4. The monoisotopic (exact) mass is 318 g/mol. The van der Waals surface area contributed by atoms with Gasteiger partial charge in [0.1, 0.15) is 6.10 Å². The van der Waals surface area contributed by atoms with Crippen molar-refractivity contribution in [2.45, 2.75) is 38.8 Å². The van der Waals surface area contributed by atoms with Gasteiger partial charge in [-0.15, -0.1) is 0 Å². The average molecular weight is 318 g/mol. The van der Waals surface area contributed by atoms with Crippen molar-refractivity contribution >= 4 is 11.9 Å². The van der Waals surface area contributed by atoms with E-state index in [-0.39, 0.29) is 18.1 Å². The predicted octanol–water partition coefficient (Wildman–Crippen LogP) is 1.77. The third-order valence-electron chi connectivity index (χ3n) is 5.06. The molecule has 23 heavy (non-hydrogen) atoms. The van der Waals surface area contributed by atoms with Gasteiger partial charge in [0.15, 0.2) is 0 Å². The summed E-state index contributed by atoms with van der Waals surface area (Å²) in [6.07, 6.45) is 4.90. The Balaban J connectivity index is 1.71. The maximum atomic E-state index is 12.5. The molecule has 0 spiro atoms. The quantitative estimate of drug-likeness (QED) is 0.883. The van der Waals surface area contributed by atoms with Crippen LogP contribution in [0.5, 0.6) is 0 Å². The fourth-order valence-electron chi connectivity index (χ4n) is 3.67. The number of aromatic nitrogens is 1. The van der Waals surface area contributed by atoms with Crippen LogP contribution < -0.4 is 5.32 Å².